The minimum Gasteiger partial charge on any atom is -0.483 e. The molecule has 2 N–H and O–H groups in total. The van der Waals surface area contributed by atoms with Crippen LogP contribution in [0.5, 0.6) is 5.75 Å². The minimum atomic E-state index is -4.61. The summed E-state index contributed by atoms with van der Waals surface area (Å²) < 4.78 is 51.1. The van der Waals surface area contributed by atoms with E-state index in [1.54, 1.807) is 36.9 Å². The molecule has 4 rings (SSSR count). The molecule has 0 unspecified atom stereocenters. The normalized spacial score (nSPS) is 15.1. The Balaban J connectivity index is 1.61. The highest BCUT2D eigenvalue weighted by atomic mass is 32.1. The fourth-order valence-electron chi connectivity index (χ4n) is 2.96. The summed E-state index contributed by atoms with van der Waals surface area (Å²) in [7, 11) is 0. The molecule has 32 heavy (non-hydrogen) atoms. The molecule has 0 bridgehead atoms. The van der Waals surface area contributed by atoms with Crippen LogP contribution in [0, 0.1) is 0 Å². The van der Waals surface area contributed by atoms with Crippen molar-refractivity contribution < 1.29 is 32.5 Å². The first-order valence-corrected chi connectivity index (χ1v) is 10.7. The first kappa shape index (κ1) is 22.5. The third-order valence-corrected chi connectivity index (χ3v) is 5.62. The zero-order valence-corrected chi connectivity index (χ0v) is 18.1. The second-order valence-electron chi connectivity index (χ2n) is 8.13. The molecule has 1 fully saturated rings. The van der Waals surface area contributed by atoms with Crippen LogP contribution >= 0.6 is 11.3 Å². The standard InChI is InChI=1S/C20H21F3N4O4S/c1-19(2,29)3-4-27-7-11-5-14(16(6-13(11)26-27)31-12-8-30-9-12)24-17(28)15-10-32-18(25-15)20(21,22)23/h5-7,10,12,29H,3-4,8-9H2,1-2H3,(H,24,28). The fraction of sp³-hybridized carbons (Fsp3) is 0.450. The molecule has 8 nitrogen and oxygen atoms in total. The number of hydrogen-bond donors (Lipinski definition) is 2. The maximum Gasteiger partial charge on any atom is 0.443 e. The zero-order chi connectivity index (χ0) is 23.1. The lowest BCUT2D eigenvalue weighted by Crippen LogP contribution is -2.38. The molecular formula is C20H21F3N4O4S. The number of nitrogens with one attached hydrogen (secondary N) is 1. The van der Waals surface area contributed by atoms with E-state index < -0.39 is 22.7 Å². The molecule has 1 aliphatic heterocycles. The van der Waals surface area contributed by atoms with E-state index in [4.69, 9.17) is 9.47 Å². The molecule has 0 atom stereocenters. The first-order valence-electron chi connectivity index (χ1n) is 9.80. The largest absolute Gasteiger partial charge is 0.483 e. The van der Waals surface area contributed by atoms with E-state index >= 15 is 0 Å². The number of aliphatic hydroxyl groups is 1. The van der Waals surface area contributed by atoms with Crippen LogP contribution in [0.15, 0.2) is 23.7 Å². The SMILES string of the molecule is CC(C)(O)CCn1cc2cc(NC(=O)c3csc(C(F)(F)F)n3)c(OC3COC3)cc2n1. The van der Waals surface area contributed by atoms with Gasteiger partial charge in [-0.1, -0.05) is 0 Å². The van der Waals surface area contributed by atoms with Crippen molar-refractivity contribution in [2.24, 2.45) is 0 Å². The molecule has 0 spiro atoms. The third kappa shape index (κ3) is 5.19. The van der Waals surface area contributed by atoms with Crippen LogP contribution in [0.3, 0.4) is 0 Å². The molecular weight excluding hydrogens is 449 g/mol. The Morgan fingerprint density at radius 1 is 1.38 bits per heavy atom. The van der Waals surface area contributed by atoms with Crippen molar-refractivity contribution in [3.05, 3.63) is 34.4 Å². The second-order valence-corrected chi connectivity index (χ2v) is 8.99. The average molecular weight is 470 g/mol. The number of carbonyl (C=O) groups excluding carboxylic acids is 1. The van der Waals surface area contributed by atoms with Crippen LogP contribution in [0.1, 0.15) is 35.8 Å². The number of hydrogen-bond acceptors (Lipinski definition) is 7. The lowest BCUT2D eigenvalue weighted by molar-refractivity contribution is -0.137. The predicted molar refractivity (Wildman–Crippen MR) is 111 cm³/mol. The number of ether oxygens (including phenoxy) is 2. The van der Waals surface area contributed by atoms with E-state index in [0.717, 1.165) is 5.38 Å². The van der Waals surface area contributed by atoms with Gasteiger partial charge in [-0.2, -0.15) is 18.3 Å². The molecule has 0 saturated carbocycles. The molecule has 1 aromatic carbocycles. The third-order valence-electron chi connectivity index (χ3n) is 4.73. The number of thiazole rings is 1. The highest BCUT2D eigenvalue weighted by Crippen LogP contribution is 2.34. The van der Waals surface area contributed by atoms with Gasteiger partial charge in [0, 0.05) is 29.6 Å². The Labute approximate surface area is 185 Å². The van der Waals surface area contributed by atoms with Crippen molar-refractivity contribution in [3.63, 3.8) is 0 Å². The Hall–Kier alpha value is -2.70. The van der Waals surface area contributed by atoms with E-state index in [1.165, 1.54) is 0 Å². The highest BCUT2D eigenvalue weighted by Gasteiger charge is 2.35. The van der Waals surface area contributed by atoms with Gasteiger partial charge in [-0.25, -0.2) is 4.98 Å². The average Bonchev–Trinajstić information content (AvgIpc) is 3.29. The van der Waals surface area contributed by atoms with Gasteiger partial charge in [0.15, 0.2) is 5.01 Å². The number of carbonyl (C=O) groups is 1. The summed E-state index contributed by atoms with van der Waals surface area (Å²) in [4.78, 5) is 16.0. The van der Waals surface area contributed by atoms with Crippen LogP contribution in [0.25, 0.3) is 10.9 Å². The minimum absolute atomic E-state index is 0.198. The summed E-state index contributed by atoms with van der Waals surface area (Å²) in [5.74, 6) is -0.446. The number of benzene rings is 1. The number of nitrogens with zero attached hydrogens (tertiary/aromatic N) is 3. The van der Waals surface area contributed by atoms with Gasteiger partial charge >= 0.3 is 6.18 Å². The Bertz CT molecular complexity index is 1130. The second kappa shape index (κ2) is 8.34. The van der Waals surface area contributed by atoms with Crippen molar-refractivity contribution in [1.82, 2.24) is 14.8 Å². The zero-order valence-electron chi connectivity index (χ0n) is 17.3. The maximum atomic E-state index is 12.8. The van der Waals surface area contributed by atoms with Crippen LogP contribution in [0.2, 0.25) is 0 Å². The van der Waals surface area contributed by atoms with Crippen molar-refractivity contribution in [3.8, 4) is 5.75 Å². The Morgan fingerprint density at radius 2 is 2.12 bits per heavy atom. The van der Waals surface area contributed by atoms with Gasteiger partial charge < -0.3 is 19.9 Å². The molecule has 0 aliphatic carbocycles. The number of anilines is 1. The van der Waals surface area contributed by atoms with Crippen molar-refractivity contribution in [2.75, 3.05) is 18.5 Å². The van der Waals surface area contributed by atoms with Crippen LogP contribution in [-0.4, -0.2) is 50.7 Å². The Kier molecular flexibility index (Phi) is 5.86. The number of halogens is 3. The Morgan fingerprint density at radius 3 is 2.72 bits per heavy atom. The predicted octanol–water partition coefficient (Wildman–Crippen LogP) is 3.70. The number of fused-ring (bicyclic) bond motifs is 1. The lowest BCUT2D eigenvalue weighted by atomic mass is 10.1. The van der Waals surface area contributed by atoms with Crippen LogP contribution < -0.4 is 10.1 Å². The fourth-order valence-corrected chi connectivity index (χ4v) is 3.63. The molecule has 0 radical (unpaired) electrons. The molecule has 3 aromatic rings. The van der Waals surface area contributed by atoms with Gasteiger partial charge in [0.2, 0.25) is 0 Å². The summed E-state index contributed by atoms with van der Waals surface area (Å²) in [6, 6.07) is 3.30. The van der Waals surface area contributed by atoms with Crippen molar-refractivity contribution in [1.29, 1.82) is 0 Å². The van der Waals surface area contributed by atoms with Gasteiger partial charge in [-0.15, -0.1) is 11.3 Å². The van der Waals surface area contributed by atoms with Gasteiger partial charge in [-0.05, 0) is 26.3 Å². The van der Waals surface area contributed by atoms with E-state index in [2.05, 4.69) is 15.4 Å². The van der Waals surface area contributed by atoms with Crippen LogP contribution in [0.4, 0.5) is 18.9 Å². The molecule has 172 valence electrons. The molecule has 1 amide bonds. The van der Waals surface area contributed by atoms with E-state index in [1.807, 2.05) is 0 Å². The number of alkyl halides is 3. The number of rotatable bonds is 7. The summed E-state index contributed by atoms with van der Waals surface area (Å²) in [6.45, 7) is 4.68. The number of aryl methyl sites for hydroxylation is 1. The van der Waals surface area contributed by atoms with Crippen molar-refractivity contribution >= 4 is 33.8 Å². The van der Waals surface area contributed by atoms with E-state index in [-0.39, 0.29) is 17.5 Å². The molecule has 3 heterocycles. The first-order chi connectivity index (χ1) is 15.0. The molecule has 1 aliphatic rings. The topological polar surface area (TPSA) is 98.5 Å². The summed E-state index contributed by atoms with van der Waals surface area (Å²) in [6.07, 6.45) is -2.56. The molecule has 12 heteroatoms. The van der Waals surface area contributed by atoms with Gasteiger partial charge in [0.25, 0.3) is 5.91 Å². The summed E-state index contributed by atoms with van der Waals surface area (Å²) in [5, 5.41) is 17.7. The highest BCUT2D eigenvalue weighted by molar-refractivity contribution is 7.10. The van der Waals surface area contributed by atoms with E-state index in [9.17, 15) is 23.1 Å². The quantitative estimate of drug-likeness (QED) is 0.547. The smallest absolute Gasteiger partial charge is 0.443 e. The maximum absolute atomic E-state index is 12.8. The monoisotopic (exact) mass is 470 g/mol. The van der Waals surface area contributed by atoms with Gasteiger partial charge in [-0.3, -0.25) is 9.48 Å². The van der Waals surface area contributed by atoms with Crippen molar-refractivity contribution in [2.45, 2.75) is 44.7 Å². The lowest BCUT2D eigenvalue weighted by Gasteiger charge is -2.27. The van der Waals surface area contributed by atoms with E-state index in [0.29, 0.717) is 54.2 Å². The number of amides is 1. The van der Waals surface area contributed by atoms with Gasteiger partial charge in [0.05, 0.1) is 30.0 Å². The number of aromatic nitrogens is 3. The summed E-state index contributed by atoms with van der Waals surface area (Å²) in [5.41, 5.74) is -0.278. The summed E-state index contributed by atoms with van der Waals surface area (Å²) >= 11 is 0.358. The molecule has 2 aromatic heterocycles. The molecule has 1 saturated heterocycles. The van der Waals surface area contributed by atoms with Crippen LogP contribution in [-0.2, 0) is 17.5 Å². The van der Waals surface area contributed by atoms with Gasteiger partial charge in [0.1, 0.15) is 17.5 Å².